The van der Waals surface area contributed by atoms with Crippen molar-refractivity contribution in [3.8, 4) is 28.8 Å². The molecule has 1 aliphatic rings. The van der Waals surface area contributed by atoms with Crippen molar-refractivity contribution in [3.05, 3.63) is 35.5 Å². The number of fused-ring (bicyclic) bond motifs is 1. The van der Waals surface area contributed by atoms with E-state index in [0.29, 0.717) is 36.0 Å². The number of nitrogens with zero attached hydrogens (tertiary/aromatic N) is 3. The van der Waals surface area contributed by atoms with E-state index in [0.717, 1.165) is 12.0 Å². The zero-order valence-corrected chi connectivity index (χ0v) is 13.0. The predicted octanol–water partition coefficient (Wildman–Crippen LogP) is 2.24. The summed E-state index contributed by atoms with van der Waals surface area (Å²) in [5.74, 6) is 0.0304. The van der Waals surface area contributed by atoms with Crippen molar-refractivity contribution in [2.45, 2.75) is 6.42 Å². The molecule has 7 nitrogen and oxygen atoms in total. The summed E-state index contributed by atoms with van der Waals surface area (Å²) in [5, 5.41) is 22.4. The van der Waals surface area contributed by atoms with Crippen LogP contribution >= 0.6 is 0 Å². The van der Waals surface area contributed by atoms with Crippen molar-refractivity contribution >= 4 is 12.0 Å². The van der Waals surface area contributed by atoms with Crippen LogP contribution in [0.5, 0.6) is 11.5 Å². The van der Waals surface area contributed by atoms with E-state index in [2.05, 4.69) is 5.10 Å². The SMILES string of the molecule is Cn1cc(/C=C(\C#N)C(=O)O)c(-c2ccc3c(c2)OCCCO3)n1. The highest BCUT2D eigenvalue weighted by atomic mass is 16.5. The fourth-order valence-electron chi connectivity index (χ4n) is 2.44. The van der Waals surface area contributed by atoms with Gasteiger partial charge in [0.1, 0.15) is 11.6 Å². The fraction of sp³-hybridized carbons (Fsp3) is 0.235. The molecule has 1 aromatic heterocycles. The van der Waals surface area contributed by atoms with Crippen molar-refractivity contribution in [2.75, 3.05) is 13.2 Å². The lowest BCUT2D eigenvalue weighted by Crippen LogP contribution is -1.97. The number of ether oxygens (including phenoxy) is 2. The summed E-state index contributed by atoms with van der Waals surface area (Å²) < 4.78 is 12.9. The molecule has 2 heterocycles. The predicted molar refractivity (Wildman–Crippen MR) is 85.5 cm³/mol. The fourth-order valence-corrected chi connectivity index (χ4v) is 2.44. The van der Waals surface area contributed by atoms with Crippen LogP contribution in [-0.4, -0.2) is 34.1 Å². The Kier molecular flexibility index (Phi) is 4.20. The first-order chi connectivity index (χ1) is 11.6. The molecular weight excluding hydrogens is 310 g/mol. The van der Waals surface area contributed by atoms with Crippen LogP contribution < -0.4 is 9.47 Å². The summed E-state index contributed by atoms with van der Waals surface area (Å²) in [4.78, 5) is 11.1. The maximum atomic E-state index is 11.1. The van der Waals surface area contributed by atoms with Crippen molar-refractivity contribution in [1.82, 2.24) is 9.78 Å². The second-order valence-electron chi connectivity index (χ2n) is 5.29. The molecule has 0 radical (unpaired) electrons. The molecule has 0 saturated carbocycles. The number of benzene rings is 1. The molecule has 0 aliphatic carbocycles. The van der Waals surface area contributed by atoms with Gasteiger partial charge < -0.3 is 14.6 Å². The Labute approximate surface area is 138 Å². The molecule has 24 heavy (non-hydrogen) atoms. The third kappa shape index (κ3) is 3.08. The first kappa shape index (κ1) is 15.6. The number of carboxylic acids is 1. The lowest BCUT2D eigenvalue weighted by molar-refractivity contribution is -0.132. The van der Waals surface area contributed by atoms with Crippen LogP contribution in [0.3, 0.4) is 0 Å². The number of rotatable bonds is 3. The van der Waals surface area contributed by atoms with E-state index >= 15 is 0 Å². The highest BCUT2D eigenvalue weighted by Gasteiger charge is 2.16. The summed E-state index contributed by atoms with van der Waals surface area (Å²) in [6.45, 7) is 1.18. The van der Waals surface area contributed by atoms with E-state index in [-0.39, 0.29) is 5.57 Å². The Bertz CT molecular complexity index is 861. The average Bonchev–Trinajstić information content (AvgIpc) is 2.78. The summed E-state index contributed by atoms with van der Waals surface area (Å²) in [5.41, 5.74) is 1.53. The first-order valence-corrected chi connectivity index (χ1v) is 7.37. The van der Waals surface area contributed by atoms with E-state index in [1.807, 2.05) is 12.1 Å². The molecule has 1 aromatic carbocycles. The summed E-state index contributed by atoms with van der Waals surface area (Å²) >= 11 is 0. The second-order valence-corrected chi connectivity index (χ2v) is 5.29. The minimum Gasteiger partial charge on any atom is -0.490 e. The topological polar surface area (TPSA) is 97.4 Å². The molecule has 2 aromatic rings. The maximum absolute atomic E-state index is 11.1. The highest BCUT2D eigenvalue weighted by molar-refractivity contribution is 5.97. The molecule has 1 aliphatic heterocycles. The number of aliphatic carboxylic acids is 1. The van der Waals surface area contributed by atoms with Crippen LogP contribution in [0.25, 0.3) is 17.3 Å². The van der Waals surface area contributed by atoms with Gasteiger partial charge in [-0.15, -0.1) is 0 Å². The lowest BCUT2D eigenvalue weighted by Gasteiger charge is -2.08. The molecule has 0 atom stereocenters. The minimum absolute atomic E-state index is 0.349. The second kappa shape index (κ2) is 6.46. The van der Waals surface area contributed by atoms with Crippen LogP contribution in [0.4, 0.5) is 0 Å². The average molecular weight is 325 g/mol. The van der Waals surface area contributed by atoms with Crippen molar-refractivity contribution in [1.29, 1.82) is 5.26 Å². The number of carbonyl (C=O) groups is 1. The molecule has 0 saturated heterocycles. The van der Waals surface area contributed by atoms with Gasteiger partial charge in [0.05, 0.1) is 18.9 Å². The lowest BCUT2D eigenvalue weighted by atomic mass is 10.1. The van der Waals surface area contributed by atoms with Crippen LogP contribution in [0.2, 0.25) is 0 Å². The van der Waals surface area contributed by atoms with Gasteiger partial charge in [-0.1, -0.05) is 0 Å². The van der Waals surface area contributed by atoms with Crippen LogP contribution in [-0.2, 0) is 11.8 Å². The quantitative estimate of drug-likeness (QED) is 0.686. The molecule has 0 spiro atoms. The van der Waals surface area contributed by atoms with Crippen LogP contribution in [0.15, 0.2) is 30.0 Å². The van der Waals surface area contributed by atoms with Crippen LogP contribution in [0, 0.1) is 11.3 Å². The largest absolute Gasteiger partial charge is 0.490 e. The van der Waals surface area contributed by atoms with Gasteiger partial charge >= 0.3 is 5.97 Å². The van der Waals surface area contributed by atoms with Gasteiger partial charge in [0, 0.05) is 30.8 Å². The maximum Gasteiger partial charge on any atom is 0.346 e. The monoisotopic (exact) mass is 325 g/mol. The van der Waals surface area contributed by atoms with E-state index < -0.39 is 5.97 Å². The van der Waals surface area contributed by atoms with E-state index in [4.69, 9.17) is 19.8 Å². The Morgan fingerprint density at radius 1 is 1.38 bits per heavy atom. The molecule has 0 amide bonds. The zero-order chi connectivity index (χ0) is 17.1. The molecule has 7 heteroatoms. The number of nitriles is 1. The van der Waals surface area contributed by atoms with Crippen LogP contribution in [0.1, 0.15) is 12.0 Å². The minimum atomic E-state index is -1.27. The molecule has 1 N–H and O–H groups in total. The van der Waals surface area contributed by atoms with Crippen molar-refractivity contribution in [2.24, 2.45) is 7.05 Å². The zero-order valence-electron chi connectivity index (χ0n) is 13.0. The van der Waals surface area contributed by atoms with Gasteiger partial charge in [0.15, 0.2) is 11.5 Å². The van der Waals surface area contributed by atoms with Gasteiger partial charge in [-0.05, 0) is 24.3 Å². The summed E-state index contributed by atoms with van der Waals surface area (Å²) in [6.07, 6.45) is 3.79. The summed E-state index contributed by atoms with van der Waals surface area (Å²) in [6, 6.07) is 7.13. The standard InChI is InChI=1S/C17H15N3O4/c1-20-10-13(7-12(9-18)17(21)22)16(19-20)11-3-4-14-15(8-11)24-6-2-5-23-14/h3-4,7-8,10H,2,5-6H2,1H3,(H,21,22)/b12-7+. The Hall–Kier alpha value is -3.27. The Morgan fingerprint density at radius 3 is 2.83 bits per heavy atom. The highest BCUT2D eigenvalue weighted by Crippen LogP contribution is 2.35. The molecule has 0 bridgehead atoms. The Balaban J connectivity index is 2.06. The van der Waals surface area contributed by atoms with Gasteiger partial charge in [-0.2, -0.15) is 10.4 Å². The number of aryl methyl sites for hydroxylation is 1. The van der Waals surface area contributed by atoms with Crippen molar-refractivity contribution in [3.63, 3.8) is 0 Å². The van der Waals surface area contributed by atoms with Crippen molar-refractivity contribution < 1.29 is 19.4 Å². The smallest absolute Gasteiger partial charge is 0.346 e. The molecule has 0 unspecified atom stereocenters. The van der Waals surface area contributed by atoms with Gasteiger partial charge in [0.2, 0.25) is 0 Å². The molecule has 122 valence electrons. The number of hydrogen-bond donors (Lipinski definition) is 1. The van der Waals surface area contributed by atoms with E-state index in [1.54, 1.807) is 30.1 Å². The number of aromatic nitrogens is 2. The summed E-state index contributed by atoms with van der Waals surface area (Å²) in [7, 11) is 1.73. The third-order valence-electron chi connectivity index (χ3n) is 3.53. The van der Waals surface area contributed by atoms with E-state index in [9.17, 15) is 4.79 Å². The Morgan fingerprint density at radius 2 is 2.12 bits per heavy atom. The molecular formula is C17H15N3O4. The number of carboxylic acid groups (broad SMARTS) is 1. The third-order valence-corrected chi connectivity index (χ3v) is 3.53. The van der Waals surface area contributed by atoms with Gasteiger partial charge in [0.25, 0.3) is 0 Å². The normalized spacial score (nSPS) is 13.9. The molecule has 3 rings (SSSR count). The van der Waals surface area contributed by atoms with Gasteiger partial charge in [-0.25, -0.2) is 4.79 Å². The van der Waals surface area contributed by atoms with E-state index in [1.165, 1.54) is 6.08 Å². The number of hydrogen-bond acceptors (Lipinski definition) is 5. The molecule has 0 fully saturated rings. The van der Waals surface area contributed by atoms with Gasteiger partial charge in [-0.3, -0.25) is 4.68 Å². The first-order valence-electron chi connectivity index (χ1n) is 7.37.